The molecule has 0 bridgehead atoms. The second-order valence-electron chi connectivity index (χ2n) is 8.68. The van der Waals surface area contributed by atoms with Crippen LogP contribution < -0.4 is 25.9 Å². The van der Waals surface area contributed by atoms with Gasteiger partial charge in [0.1, 0.15) is 11.8 Å². The molecule has 38 heavy (non-hydrogen) atoms. The third-order valence-corrected chi connectivity index (χ3v) is 7.07. The molecule has 0 radical (unpaired) electrons. The van der Waals surface area contributed by atoms with Crippen LogP contribution in [-0.4, -0.2) is 74.9 Å². The van der Waals surface area contributed by atoms with Crippen molar-refractivity contribution < 1.29 is 48.3 Å². The van der Waals surface area contributed by atoms with Crippen molar-refractivity contribution in [1.82, 2.24) is 20.9 Å². The molecule has 0 aliphatic carbocycles. The van der Waals surface area contributed by atoms with Crippen LogP contribution >= 0.6 is 7.60 Å². The minimum absolute atomic E-state index is 0.00962. The largest absolute Gasteiger partial charge is 0.547 e. The fourth-order valence-electron chi connectivity index (χ4n) is 4.17. The predicted molar refractivity (Wildman–Crippen MR) is 132 cm³/mol. The third kappa shape index (κ3) is 5.81. The number of urea groups is 2. The molecule has 0 spiro atoms. The van der Waals surface area contributed by atoms with Crippen LogP contribution in [0.2, 0.25) is 0 Å². The molecule has 0 aromatic heterocycles. The van der Waals surface area contributed by atoms with Gasteiger partial charge in [-0.1, -0.05) is 24.3 Å². The molecular formula is C22H24BN4O10P. The normalized spacial score (nSPS) is 18.0. The molecule has 2 aromatic rings. The second-order valence-corrected chi connectivity index (χ2v) is 10.3. The second kappa shape index (κ2) is 10.8. The molecule has 2 atom stereocenters. The summed E-state index contributed by atoms with van der Waals surface area (Å²) in [5, 5.41) is 27.1. The van der Waals surface area contributed by atoms with Gasteiger partial charge in [0.25, 0.3) is 0 Å². The summed E-state index contributed by atoms with van der Waals surface area (Å²) in [5.41, 5.74) is 0.420. The van der Waals surface area contributed by atoms with Crippen molar-refractivity contribution in [3.63, 3.8) is 0 Å². The summed E-state index contributed by atoms with van der Waals surface area (Å²) in [6.45, 7) is 0.502. The summed E-state index contributed by atoms with van der Waals surface area (Å²) in [4.78, 5) is 69.5. The molecule has 1 saturated heterocycles. The van der Waals surface area contributed by atoms with Crippen molar-refractivity contribution in [3.8, 4) is 5.75 Å². The first-order valence-electron chi connectivity index (χ1n) is 11.5. The van der Waals surface area contributed by atoms with Crippen LogP contribution in [0.25, 0.3) is 0 Å². The van der Waals surface area contributed by atoms with Crippen LogP contribution in [0.15, 0.2) is 42.5 Å². The molecule has 2 aliphatic rings. The fraction of sp³-hybridized carbons (Fsp3) is 0.273. The lowest BCUT2D eigenvalue weighted by Gasteiger charge is -2.31. The van der Waals surface area contributed by atoms with E-state index in [9.17, 15) is 43.7 Å². The van der Waals surface area contributed by atoms with E-state index in [2.05, 4.69) is 16.0 Å². The molecule has 4 rings (SSSR count). The Kier molecular flexibility index (Phi) is 7.74. The van der Waals surface area contributed by atoms with Gasteiger partial charge in [-0.05, 0) is 42.2 Å². The number of nitrogens with zero attached hydrogens (tertiary/aromatic N) is 1. The molecule has 1 unspecified atom stereocenters. The Bertz CT molecular complexity index is 1320. The monoisotopic (exact) mass is 546 g/mol. The highest BCUT2D eigenvalue weighted by Crippen LogP contribution is 2.33. The molecule has 200 valence electrons. The number of amides is 5. The van der Waals surface area contributed by atoms with Gasteiger partial charge in [0, 0.05) is 13.1 Å². The molecule has 5 amide bonds. The van der Waals surface area contributed by atoms with E-state index in [4.69, 9.17) is 4.65 Å². The zero-order valence-corrected chi connectivity index (χ0v) is 20.6. The number of carbonyl (C=O) groups excluding carboxylic acids is 3. The van der Waals surface area contributed by atoms with Gasteiger partial charge < -0.3 is 40.5 Å². The van der Waals surface area contributed by atoms with Gasteiger partial charge in [0.05, 0.1) is 16.8 Å². The molecule has 2 aromatic carbocycles. The van der Waals surface area contributed by atoms with Crippen LogP contribution in [0.1, 0.15) is 33.9 Å². The first kappa shape index (κ1) is 27.1. The Morgan fingerprint density at radius 2 is 1.87 bits per heavy atom. The maximum atomic E-state index is 13.4. The molecule has 2 heterocycles. The van der Waals surface area contributed by atoms with E-state index in [-0.39, 0.29) is 35.1 Å². The number of hydrogen-bond donors (Lipinski definition) is 7. The zero-order chi connectivity index (χ0) is 27.6. The number of nitrogens with one attached hydrogen (secondary N) is 3. The van der Waals surface area contributed by atoms with Crippen LogP contribution in [0, 0.1) is 0 Å². The molecule has 0 saturated carbocycles. The highest BCUT2D eigenvalue weighted by Gasteiger charge is 2.39. The molecule has 7 N–H and O–H groups in total. The van der Waals surface area contributed by atoms with Crippen molar-refractivity contribution in [2.24, 2.45) is 0 Å². The van der Waals surface area contributed by atoms with E-state index in [0.29, 0.717) is 18.5 Å². The summed E-state index contributed by atoms with van der Waals surface area (Å²) in [6.07, 6.45) is 0.506. The maximum absolute atomic E-state index is 13.4. The number of carbonyl (C=O) groups is 4. The van der Waals surface area contributed by atoms with Crippen LogP contribution in [0.4, 0.5) is 9.59 Å². The Hall–Kier alpha value is -3.91. The Morgan fingerprint density at radius 3 is 2.50 bits per heavy atom. The van der Waals surface area contributed by atoms with Crippen LogP contribution in [0.3, 0.4) is 0 Å². The van der Waals surface area contributed by atoms with Gasteiger partial charge in [0.2, 0.25) is 5.91 Å². The average Bonchev–Trinajstić information content (AvgIpc) is 2.87. The average molecular weight is 546 g/mol. The summed E-state index contributed by atoms with van der Waals surface area (Å²) < 4.78 is 16.9. The molecule has 16 heteroatoms. The molecular weight excluding hydrogens is 522 g/mol. The van der Waals surface area contributed by atoms with E-state index >= 15 is 0 Å². The van der Waals surface area contributed by atoms with Gasteiger partial charge >= 0.3 is 32.7 Å². The number of para-hydroxylation sites is 1. The topological polar surface area (TPSA) is 215 Å². The fourth-order valence-corrected chi connectivity index (χ4v) is 4.71. The van der Waals surface area contributed by atoms with Gasteiger partial charge in [-0.3, -0.25) is 9.36 Å². The summed E-state index contributed by atoms with van der Waals surface area (Å²) >= 11 is 0. The number of hydrogen-bond acceptors (Lipinski definition) is 7. The maximum Gasteiger partial charge on any atom is 0.547 e. The van der Waals surface area contributed by atoms with Crippen molar-refractivity contribution >= 4 is 44.0 Å². The number of fused-ring (bicyclic) bond motifs is 1. The van der Waals surface area contributed by atoms with Gasteiger partial charge in [-0.15, -0.1) is 0 Å². The summed E-state index contributed by atoms with van der Waals surface area (Å²) in [7, 11) is -6.19. The van der Waals surface area contributed by atoms with Crippen molar-refractivity contribution in [1.29, 1.82) is 0 Å². The smallest absolute Gasteiger partial charge is 0.534 e. The van der Waals surface area contributed by atoms with Gasteiger partial charge in [0.15, 0.2) is 0 Å². The van der Waals surface area contributed by atoms with E-state index in [1.165, 1.54) is 24.3 Å². The standard InChI is InChI=1S/C22H24BN4O10P/c28-19(25-16-11-13-3-1-4-15(20(29)30)18(13)37-23(16)33)17(12-5-7-14(8-6-12)38(34,35)36)26-22(32)27-10-2-9-24-21(27)31/h1,3-8,16-17,33H,2,9-11H2,(H,24,31)(H,25,28)(H,26,32)(H,29,30)(H2,34,35,36)/t16-,17?/m0/s1. The Labute approximate surface area is 216 Å². The van der Waals surface area contributed by atoms with Crippen molar-refractivity contribution in [2.45, 2.75) is 24.8 Å². The lowest BCUT2D eigenvalue weighted by Crippen LogP contribution is -2.57. The van der Waals surface area contributed by atoms with Crippen molar-refractivity contribution in [3.05, 3.63) is 59.2 Å². The van der Waals surface area contributed by atoms with Gasteiger partial charge in [-0.2, -0.15) is 0 Å². The van der Waals surface area contributed by atoms with E-state index in [1.807, 2.05) is 0 Å². The minimum Gasteiger partial charge on any atom is -0.534 e. The third-order valence-electron chi connectivity index (χ3n) is 6.10. The summed E-state index contributed by atoms with van der Waals surface area (Å²) in [5.74, 6) is -3.12. The predicted octanol–water partition coefficient (Wildman–Crippen LogP) is -0.507. The Morgan fingerprint density at radius 1 is 1.16 bits per heavy atom. The lowest BCUT2D eigenvalue weighted by atomic mass is 9.72. The molecule has 14 nitrogen and oxygen atoms in total. The van der Waals surface area contributed by atoms with E-state index < -0.39 is 50.6 Å². The number of carboxylic acid groups (broad SMARTS) is 1. The lowest BCUT2D eigenvalue weighted by molar-refractivity contribution is -0.123. The van der Waals surface area contributed by atoms with Gasteiger partial charge in [-0.25, -0.2) is 19.3 Å². The number of imide groups is 1. The van der Waals surface area contributed by atoms with E-state index in [0.717, 1.165) is 17.0 Å². The Balaban J connectivity index is 1.58. The molecule has 1 fully saturated rings. The SMILES string of the molecule is O=C(O)c1cccc2c1OB(O)[C@@H](NC(=O)C(NC(=O)N1CCCNC1=O)c1ccc(P(=O)(O)O)cc1)C2. The first-order valence-corrected chi connectivity index (χ1v) is 13.1. The van der Waals surface area contributed by atoms with Crippen LogP contribution in [-0.2, 0) is 15.8 Å². The number of benzene rings is 2. The van der Waals surface area contributed by atoms with Crippen LogP contribution in [0.5, 0.6) is 5.75 Å². The minimum atomic E-state index is -4.57. The number of aromatic carboxylic acids is 1. The highest BCUT2D eigenvalue weighted by molar-refractivity contribution is 7.60. The van der Waals surface area contributed by atoms with E-state index in [1.54, 1.807) is 6.07 Å². The van der Waals surface area contributed by atoms with Crippen molar-refractivity contribution in [2.75, 3.05) is 13.1 Å². The highest BCUT2D eigenvalue weighted by atomic mass is 31.2. The molecule has 2 aliphatic heterocycles. The first-order chi connectivity index (χ1) is 18.0. The quantitative estimate of drug-likeness (QED) is 0.182. The number of rotatable bonds is 6. The summed E-state index contributed by atoms with van der Waals surface area (Å²) in [6, 6.07) is 6.16. The zero-order valence-electron chi connectivity index (χ0n) is 19.7. The number of carboxylic acids is 1.